The Balaban J connectivity index is 1.13. The van der Waals surface area contributed by atoms with E-state index in [1.165, 1.54) is 16.8 Å². The molecule has 0 saturated carbocycles. The molecule has 2 N–H and O–H groups in total. The first-order chi connectivity index (χ1) is 20.5. The summed E-state index contributed by atoms with van der Waals surface area (Å²) < 4.78 is 20.6. The summed E-state index contributed by atoms with van der Waals surface area (Å²) in [4.78, 5) is 40.1. The molecule has 1 saturated heterocycles. The molecule has 4 heterocycles. The topological polar surface area (TPSA) is 109 Å². The number of H-pyrrole nitrogens is 2. The number of amides is 1. The van der Waals surface area contributed by atoms with Crippen LogP contribution < -0.4 is 5.56 Å². The minimum Gasteiger partial charge on any atom is -0.367 e. The van der Waals surface area contributed by atoms with Crippen LogP contribution in [0.1, 0.15) is 35.2 Å². The monoisotopic (exact) mass is 568 g/mol. The molecule has 2 aromatic carbocycles. The van der Waals surface area contributed by atoms with Crippen LogP contribution in [0.2, 0.25) is 0 Å². The summed E-state index contributed by atoms with van der Waals surface area (Å²) in [5, 5.41) is 3.34. The van der Waals surface area contributed by atoms with Crippen molar-refractivity contribution in [2.45, 2.75) is 38.7 Å². The number of piperidine rings is 1. The van der Waals surface area contributed by atoms with Crippen LogP contribution in [0.15, 0.2) is 77.9 Å². The second-order valence-electron chi connectivity index (χ2n) is 10.8. The fourth-order valence-corrected chi connectivity index (χ4v) is 5.56. The highest BCUT2D eigenvalue weighted by atomic mass is 19.1. The molecule has 216 valence electrons. The molecule has 1 aliphatic heterocycles. The van der Waals surface area contributed by atoms with Crippen LogP contribution in [0.4, 0.5) is 4.39 Å². The number of hydrogen-bond acceptors (Lipinski definition) is 5. The van der Waals surface area contributed by atoms with E-state index in [2.05, 4.69) is 20.1 Å². The van der Waals surface area contributed by atoms with Crippen molar-refractivity contribution in [1.29, 1.82) is 0 Å². The van der Waals surface area contributed by atoms with Gasteiger partial charge in [0.15, 0.2) is 0 Å². The van der Waals surface area contributed by atoms with Crippen LogP contribution in [0.3, 0.4) is 0 Å². The zero-order valence-corrected chi connectivity index (χ0v) is 23.3. The number of imidazole rings is 1. The third-order valence-corrected chi connectivity index (χ3v) is 7.94. The average Bonchev–Trinajstić information content (AvgIpc) is 3.58. The van der Waals surface area contributed by atoms with Crippen LogP contribution in [0, 0.1) is 11.7 Å². The highest BCUT2D eigenvalue weighted by Gasteiger charge is 2.26. The van der Waals surface area contributed by atoms with Crippen LogP contribution in [-0.4, -0.2) is 55.2 Å². The predicted molar refractivity (Wildman–Crippen MR) is 157 cm³/mol. The molecule has 1 fully saturated rings. The molecule has 0 radical (unpaired) electrons. The first-order valence-corrected chi connectivity index (χ1v) is 14.3. The minimum atomic E-state index is -0.279. The van der Waals surface area contributed by atoms with E-state index in [0.717, 1.165) is 40.7 Å². The van der Waals surface area contributed by atoms with Crippen molar-refractivity contribution in [3.63, 3.8) is 0 Å². The Morgan fingerprint density at radius 3 is 2.50 bits per heavy atom. The molecule has 1 aliphatic rings. The largest absolute Gasteiger partial charge is 0.367 e. The molecule has 0 aliphatic carbocycles. The lowest BCUT2D eigenvalue weighted by atomic mass is 9.90. The molecule has 0 bridgehead atoms. The van der Waals surface area contributed by atoms with E-state index in [4.69, 9.17) is 4.74 Å². The molecule has 9 nitrogen and oxygen atoms in total. The number of pyridine rings is 1. The van der Waals surface area contributed by atoms with Gasteiger partial charge in [0.2, 0.25) is 11.9 Å². The lowest BCUT2D eigenvalue weighted by Gasteiger charge is -2.32. The fourth-order valence-electron chi connectivity index (χ4n) is 5.56. The number of likely N-dealkylation sites (tertiary alicyclic amines) is 1. The standard InChI is InChI=1S/C32H33FN6O3/c33-25-8-5-22(6-9-25)7-10-26-29(37-39(31(26)41)32-35-27-3-1-2-4-28(27)36-32)19-23-13-17-38(18-14-23)30(40)21-42-20-24-11-15-34-16-12-24/h1-6,8-9,11-12,15-16,23,37H,7,10,13-14,17-21H2,(H,35,36). The molecule has 6 rings (SSSR count). The average molecular weight is 569 g/mol. The van der Waals surface area contributed by atoms with Crippen molar-refractivity contribution in [2.24, 2.45) is 5.92 Å². The fraction of sp³-hybridized carbons (Fsp3) is 0.312. The van der Waals surface area contributed by atoms with Gasteiger partial charge in [-0.3, -0.25) is 19.7 Å². The van der Waals surface area contributed by atoms with Crippen molar-refractivity contribution in [2.75, 3.05) is 19.7 Å². The summed E-state index contributed by atoms with van der Waals surface area (Å²) in [5.74, 6) is 0.478. The Morgan fingerprint density at radius 1 is 0.976 bits per heavy atom. The van der Waals surface area contributed by atoms with Crippen molar-refractivity contribution in [1.82, 2.24) is 29.6 Å². The Bertz CT molecular complexity index is 1670. The molecule has 3 aromatic heterocycles. The first kappa shape index (κ1) is 27.6. The first-order valence-electron chi connectivity index (χ1n) is 14.3. The van der Waals surface area contributed by atoms with Gasteiger partial charge in [-0.1, -0.05) is 24.3 Å². The number of nitrogens with one attached hydrogen (secondary N) is 2. The Labute approximate surface area is 242 Å². The number of carbonyl (C=O) groups excluding carboxylic acids is 1. The molecule has 42 heavy (non-hydrogen) atoms. The maximum Gasteiger partial charge on any atom is 0.277 e. The van der Waals surface area contributed by atoms with Gasteiger partial charge in [-0.05, 0) is 85.5 Å². The van der Waals surface area contributed by atoms with Crippen molar-refractivity contribution in [3.05, 3.63) is 112 Å². The molecular weight excluding hydrogens is 535 g/mol. The second-order valence-corrected chi connectivity index (χ2v) is 10.8. The van der Waals surface area contributed by atoms with E-state index in [9.17, 15) is 14.0 Å². The maximum absolute atomic E-state index is 13.7. The molecular formula is C32H33FN6O3. The van der Waals surface area contributed by atoms with Crippen LogP contribution >= 0.6 is 0 Å². The quantitative estimate of drug-likeness (QED) is 0.260. The van der Waals surface area contributed by atoms with Crippen LogP contribution in [0.5, 0.6) is 0 Å². The zero-order valence-electron chi connectivity index (χ0n) is 23.3. The molecule has 0 unspecified atom stereocenters. The number of nitrogens with zero attached hydrogens (tertiary/aromatic N) is 4. The predicted octanol–water partition coefficient (Wildman–Crippen LogP) is 4.36. The maximum atomic E-state index is 13.7. The summed E-state index contributed by atoms with van der Waals surface area (Å²) in [5.41, 5.74) is 5.04. The Morgan fingerprint density at radius 2 is 1.74 bits per heavy atom. The van der Waals surface area contributed by atoms with Crippen LogP contribution in [0.25, 0.3) is 17.0 Å². The van der Waals surface area contributed by atoms with E-state index in [0.29, 0.717) is 56.4 Å². The summed E-state index contributed by atoms with van der Waals surface area (Å²) in [6, 6.07) is 17.8. The lowest BCUT2D eigenvalue weighted by Crippen LogP contribution is -2.40. The van der Waals surface area contributed by atoms with Gasteiger partial charge < -0.3 is 14.6 Å². The van der Waals surface area contributed by atoms with Gasteiger partial charge in [-0.15, -0.1) is 0 Å². The van der Waals surface area contributed by atoms with Crippen LogP contribution in [-0.2, 0) is 35.4 Å². The van der Waals surface area contributed by atoms with E-state index < -0.39 is 0 Å². The normalized spacial score (nSPS) is 14.1. The smallest absolute Gasteiger partial charge is 0.277 e. The molecule has 0 atom stereocenters. The number of aryl methyl sites for hydroxylation is 1. The number of carbonyl (C=O) groups is 1. The van der Waals surface area contributed by atoms with Gasteiger partial charge >= 0.3 is 0 Å². The number of fused-ring (bicyclic) bond motifs is 1. The summed E-state index contributed by atoms with van der Waals surface area (Å²) in [6.07, 6.45) is 6.93. The SMILES string of the molecule is O=C(COCc1ccncc1)N1CCC(Cc2[nH]n(-c3nc4ccccc4[nH]3)c(=O)c2CCc2ccc(F)cc2)CC1. The number of para-hydroxylation sites is 2. The number of aromatic amines is 2. The summed E-state index contributed by atoms with van der Waals surface area (Å²) in [7, 11) is 0. The number of halogens is 1. The van der Waals surface area contributed by atoms with Gasteiger partial charge in [0.1, 0.15) is 12.4 Å². The van der Waals surface area contributed by atoms with Gasteiger partial charge in [-0.25, -0.2) is 9.37 Å². The molecule has 1 amide bonds. The van der Waals surface area contributed by atoms with E-state index in [-0.39, 0.29) is 23.9 Å². The number of benzene rings is 2. The van der Waals surface area contributed by atoms with E-state index in [1.807, 2.05) is 41.3 Å². The zero-order chi connectivity index (χ0) is 28.9. The molecule has 5 aromatic rings. The number of rotatable bonds is 10. The van der Waals surface area contributed by atoms with E-state index in [1.54, 1.807) is 24.5 Å². The Hall–Kier alpha value is -4.57. The van der Waals surface area contributed by atoms with Gasteiger partial charge in [0, 0.05) is 36.7 Å². The van der Waals surface area contributed by atoms with Crippen molar-refractivity contribution in [3.8, 4) is 5.95 Å². The lowest BCUT2D eigenvalue weighted by molar-refractivity contribution is -0.138. The van der Waals surface area contributed by atoms with Crippen molar-refractivity contribution >= 4 is 16.9 Å². The highest BCUT2D eigenvalue weighted by Crippen LogP contribution is 2.23. The number of aromatic nitrogens is 5. The van der Waals surface area contributed by atoms with E-state index >= 15 is 0 Å². The van der Waals surface area contributed by atoms with Gasteiger partial charge in [-0.2, -0.15) is 4.68 Å². The number of ether oxygens (including phenoxy) is 1. The van der Waals surface area contributed by atoms with Gasteiger partial charge in [0.25, 0.3) is 5.56 Å². The molecule has 10 heteroatoms. The minimum absolute atomic E-state index is 0.00746. The second kappa shape index (κ2) is 12.5. The van der Waals surface area contributed by atoms with Gasteiger partial charge in [0.05, 0.1) is 17.6 Å². The summed E-state index contributed by atoms with van der Waals surface area (Å²) in [6.45, 7) is 1.73. The Kier molecular flexibility index (Phi) is 8.23. The van der Waals surface area contributed by atoms with Crippen molar-refractivity contribution < 1.29 is 13.9 Å². The summed E-state index contributed by atoms with van der Waals surface area (Å²) >= 11 is 0. The third-order valence-electron chi connectivity index (χ3n) is 7.94. The molecule has 0 spiro atoms. The third kappa shape index (κ3) is 6.33. The number of hydrogen-bond donors (Lipinski definition) is 2. The highest BCUT2D eigenvalue weighted by molar-refractivity contribution is 5.77.